The number of hydrogen-bond donors (Lipinski definition) is 6. The molecular weight excluding hydrogens is 406 g/mol. The minimum Gasteiger partial charge on any atom is -0.480 e. The van der Waals surface area contributed by atoms with Gasteiger partial charge in [0.1, 0.15) is 18.1 Å². The quantitative estimate of drug-likeness (QED) is 0.203. The molecule has 31 heavy (non-hydrogen) atoms. The fourth-order valence-corrected chi connectivity index (χ4v) is 2.82. The molecule has 4 unspecified atom stereocenters. The Morgan fingerprint density at radius 1 is 0.774 bits per heavy atom. The van der Waals surface area contributed by atoms with Gasteiger partial charge in [-0.1, -0.05) is 27.7 Å². The zero-order valence-corrected chi connectivity index (χ0v) is 18.9. The summed E-state index contributed by atoms with van der Waals surface area (Å²) in [4.78, 5) is 59.8. The molecule has 4 amide bonds. The van der Waals surface area contributed by atoms with E-state index >= 15 is 0 Å². The van der Waals surface area contributed by atoms with Gasteiger partial charge in [-0.15, -0.1) is 0 Å². The Balaban J connectivity index is 5.17. The number of carboxylic acid groups (broad SMARTS) is 1. The van der Waals surface area contributed by atoms with E-state index in [9.17, 15) is 29.1 Å². The van der Waals surface area contributed by atoms with Gasteiger partial charge in [0.15, 0.2) is 0 Å². The summed E-state index contributed by atoms with van der Waals surface area (Å²) < 4.78 is 0. The molecule has 0 saturated heterocycles. The van der Waals surface area contributed by atoms with Gasteiger partial charge in [0.2, 0.25) is 23.6 Å². The first-order valence-corrected chi connectivity index (χ1v) is 10.4. The molecule has 0 aromatic heterocycles. The third-order valence-electron chi connectivity index (χ3n) is 4.45. The molecule has 0 saturated carbocycles. The molecule has 0 spiro atoms. The summed E-state index contributed by atoms with van der Waals surface area (Å²) in [6.07, 6.45) is 0.322. The van der Waals surface area contributed by atoms with E-state index in [0.29, 0.717) is 6.42 Å². The minimum absolute atomic E-state index is 0.00495. The smallest absolute Gasteiger partial charge is 0.326 e. The van der Waals surface area contributed by atoms with Crippen molar-refractivity contribution in [2.45, 2.75) is 84.5 Å². The molecule has 4 atom stereocenters. The van der Waals surface area contributed by atoms with Gasteiger partial charge in [0, 0.05) is 6.42 Å². The van der Waals surface area contributed by atoms with Crippen LogP contribution in [0.2, 0.25) is 0 Å². The number of carbonyl (C=O) groups is 5. The number of hydrogen-bond acceptors (Lipinski definition) is 6. The van der Waals surface area contributed by atoms with E-state index in [4.69, 9.17) is 11.5 Å². The number of carbonyl (C=O) groups excluding carboxylic acids is 4. The third-order valence-corrected chi connectivity index (χ3v) is 4.45. The lowest BCUT2D eigenvalue weighted by Gasteiger charge is -2.24. The summed E-state index contributed by atoms with van der Waals surface area (Å²) in [6, 6.07) is -4.12. The van der Waals surface area contributed by atoms with Gasteiger partial charge in [0.25, 0.3) is 0 Å². The SMILES string of the molecule is CC(C)CC(N)C(=O)NC(C)C(=O)NC(CCC(N)=O)C(=O)NC(CC(C)C)C(=O)O. The number of amides is 4. The van der Waals surface area contributed by atoms with Crippen LogP contribution in [-0.2, 0) is 24.0 Å². The highest BCUT2D eigenvalue weighted by Crippen LogP contribution is 2.07. The van der Waals surface area contributed by atoms with Crippen molar-refractivity contribution in [3.8, 4) is 0 Å². The second kappa shape index (κ2) is 13.6. The number of aliphatic carboxylic acids is 1. The van der Waals surface area contributed by atoms with E-state index in [2.05, 4.69) is 16.0 Å². The second-order valence-electron chi connectivity index (χ2n) is 8.56. The molecule has 0 fully saturated rings. The van der Waals surface area contributed by atoms with Crippen molar-refractivity contribution < 1.29 is 29.1 Å². The summed E-state index contributed by atoms with van der Waals surface area (Å²) >= 11 is 0. The predicted octanol–water partition coefficient (Wildman–Crippen LogP) is -0.770. The van der Waals surface area contributed by atoms with Gasteiger partial charge in [0.05, 0.1) is 6.04 Å². The first-order chi connectivity index (χ1) is 14.2. The van der Waals surface area contributed by atoms with Crippen molar-refractivity contribution in [1.29, 1.82) is 0 Å². The molecule has 0 rings (SSSR count). The molecule has 178 valence electrons. The predicted molar refractivity (Wildman–Crippen MR) is 114 cm³/mol. The zero-order valence-electron chi connectivity index (χ0n) is 18.9. The molecule has 0 aliphatic carbocycles. The van der Waals surface area contributed by atoms with Crippen molar-refractivity contribution in [1.82, 2.24) is 16.0 Å². The lowest BCUT2D eigenvalue weighted by molar-refractivity contribution is -0.143. The van der Waals surface area contributed by atoms with Crippen LogP contribution < -0.4 is 27.4 Å². The van der Waals surface area contributed by atoms with Crippen LogP contribution in [0.5, 0.6) is 0 Å². The molecule has 0 aromatic rings. The van der Waals surface area contributed by atoms with E-state index in [-0.39, 0.29) is 31.1 Å². The molecule has 8 N–H and O–H groups in total. The number of nitrogens with one attached hydrogen (secondary N) is 3. The maximum Gasteiger partial charge on any atom is 0.326 e. The zero-order chi connectivity index (χ0) is 24.3. The normalized spacial score (nSPS) is 15.0. The molecule has 11 nitrogen and oxygen atoms in total. The maximum atomic E-state index is 12.6. The topological polar surface area (TPSA) is 194 Å². The van der Waals surface area contributed by atoms with Crippen LogP contribution >= 0.6 is 0 Å². The molecule has 11 heteroatoms. The highest BCUT2D eigenvalue weighted by molar-refractivity contribution is 5.94. The third kappa shape index (κ3) is 11.9. The van der Waals surface area contributed by atoms with Gasteiger partial charge in [-0.05, 0) is 38.0 Å². The molecule has 0 aliphatic heterocycles. The van der Waals surface area contributed by atoms with Crippen LogP contribution in [0, 0.1) is 11.8 Å². The second-order valence-corrected chi connectivity index (χ2v) is 8.56. The van der Waals surface area contributed by atoms with Crippen molar-refractivity contribution in [3.05, 3.63) is 0 Å². The van der Waals surface area contributed by atoms with Gasteiger partial charge in [-0.2, -0.15) is 0 Å². The average molecular weight is 444 g/mol. The van der Waals surface area contributed by atoms with Crippen molar-refractivity contribution in [3.63, 3.8) is 0 Å². The van der Waals surface area contributed by atoms with Crippen molar-refractivity contribution >= 4 is 29.6 Å². The van der Waals surface area contributed by atoms with Crippen LogP contribution in [-0.4, -0.2) is 58.9 Å². The maximum absolute atomic E-state index is 12.6. The highest BCUT2D eigenvalue weighted by atomic mass is 16.4. The highest BCUT2D eigenvalue weighted by Gasteiger charge is 2.29. The Kier molecular flexibility index (Phi) is 12.4. The summed E-state index contributed by atoms with van der Waals surface area (Å²) in [6.45, 7) is 8.87. The standard InChI is InChI=1S/C20H37N5O6/c1-10(2)8-13(21)18(28)23-12(5)17(27)24-14(6-7-16(22)26)19(29)25-15(20(30)31)9-11(3)4/h10-15H,6-9,21H2,1-5H3,(H2,22,26)(H,23,28)(H,24,27)(H,25,29)(H,30,31). The molecule has 0 bridgehead atoms. The van der Waals surface area contributed by atoms with Crippen LogP contribution in [0.1, 0.15) is 60.3 Å². The molecular formula is C20H37N5O6. The van der Waals surface area contributed by atoms with E-state index in [1.165, 1.54) is 6.92 Å². The van der Waals surface area contributed by atoms with Gasteiger partial charge in [-0.3, -0.25) is 19.2 Å². The fraction of sp³-hybridized carbons (Fsp3) is 0.750. The molecule has 0 radical (unpaired) electrons. The van der Waals surface area contributed by atoms with E-state index in [0.717, 1.165) is 0 Å². The average Bonchev–Trinajstić information content (AvgIpc) is 2.62. The number of carboxylic acids is 1. The van der Waals surface area contributed by atoms with E-state index < -0.39 is 53.8 Å². The molecule has 0 aliphatic rings. The first kappa shape index (κ1) is 28.3. The Bertz CT molecular complexity index is 652. The molecule has 0 aromatic carbocycles. The fourth-order valence-electron chi connectivity index (χ4n) is 2.82. The van der Waals surface area contributed by atoms with Gasteiger partial charge < -0.3 is 32.5 Å². The van der Waals surface area contributed by atoms with E-state index in [1.807, 2.05) is 27.7 Å². The van der Waals surface area contributed by atoms with Crippen LogP contribution in [0.4, 0.5) is 0 Å². The number of primary amides is 1. The minimum atomic E-state index is -1.21. The lowest BCUT2D eigenvalue weighted by Crippen LogP contribution is -2.56. The monoisotopic (exact) mass is 443 g/mol. The van der Waals surface area contributed by atoms with Crippen molar-refractivity contribution in [2.75, 3.05) is 0 Å². The summed E-state index contributed by atoms with van der Waals surface area (Å²) in [5.41, 5.74) is 10.9. The summed E-state index contributed by atoms with van der Waals surface area (Å²) in [5, 5.41) is 16.6. The summed E-state index contributed by atoms with van der Waals surface area (Å²) in [7, 11) is 0. The number of nitrogens with two attached hydrogens (primary N) is 2. The Morgan fingerprint density at radius 2 is 1.29 bits per heavy atom. The van der Waals surface area contributed by atoms with Gasteiger partial charge in [-0.25, -0.2) is 4.79 Å². The summed E-state index contributed by atoms with van der Waals surface area (Å²) in [5.74, 6) is -3.61. The van der Waals surface area contributed by atoms with Crippen LogP contribution in [0.15, 0.2) is 0 Å². The van der Waals surface area contributed by atoms with E-state index in [1.54, 1.807) is 0 Å². The number of rotatable bonds is 14. The first-order valence-electron chi connectivity index (χ1n) is 10.4. The Morgan fingerprint density at radius 3 is 1.74 bits per heavy atom. The Labute approximate surface area is 183 Å². The Hall–Kier alpha value is -2.69. The van der Waals surface area contributed by atoms with Crippen LogP contribution in [0.25, 0.3) is 0 Å². The molecule has 0 heterocycles. The largest absolute Gasteiger partial charge is 0.480 e. The van der Waals surface area contributed by atoms with Crippen molar-refractivity contribution in [2.24, 2.45) is 23.3 Å². The van der Waals surface area contributed by atoms with Gasteiger partial charge >= 0.3 is 5.97 Å². The lowest BCUT2D eigenvalue weighted by atomic mass is 10.0. The van der Waals surface area contributed by atoms with Crippen LogP contribution in [0.3, 0.4) is 0 Å².